The molecule has 0 aromatic rings. The summed E-state index contributed by atoms with van der Waals surface area (Å²) in [5.74, 6) is 0.335. The molecule has 0 aliphatic carbocycles. The molecule has 1 nitrogen and oxygen atoms in total. The summed E-state index contributed by atoms with van der Waals surface area (Å²) < 4.78 is 0. The van der Waals surface area contributed by atoms with Crippen LogP contribution in [0.1, 0.15) is 34.1 Å². The van der Waals surface area contributed by atoms with Gasteiger partial charge in [0, 0.05) is 0 Å². The number of aliphatic hydroxyl groups excluding tert-OH is 1. The first kappa shape index (κ1) is 9.70. The Morgan fingerprint density at radius 3 is 2.30 bits per heavy atom. The van der Waals surface area contributed by atoms with Crippen molar-refractivity contribution in [2.24, 2.45) is 5.92 Å². The highest BCUT2D eigenvalue weighted by Crippen LogP contribution is 2.07. The average molecular weight is 142 g/mol. The highest BCUT2D eigenvalue weighted by atomic mass is 16.3. The fraction of sp³-hybridized carbons (Fsp3) is 0.778. The van der Waals surface area contributed by atoms with Gasteiger partial charge in [0.15, 0.2) is 0 Å². The molecular formula is C9H18O. The molecular weight excluding hydrogens is 124 g/mol. The third-order valence-electron chi connectivity index (χ3n) is 1.70. The normalized spacial score (nSPS) is 16.0. The van der Waals surface area contributed by atoms with Crippen LogP contribution >= 0.6 is 0 Å². The van der Waals surface area contributed by atoms with Gasteiger partial charge in [-0.05, 0) is 19.3 Å². The topological polar surface area (TPSA) is 20.2 Å². The first-order chi connectivity index (χ1) is 4.57. The number of allylic oxidation sites excluding steroid dienone is 1. The Bertz CT molecular complexity index is 114. The van der Waals surface area contributed by atoms with Gasteiger partial charge in [-0.15, -0.1) is 0 Å². The predicted octanol–water partition coefficient (Wildman–Crippen LogP) is 2.36. The van der Waals surface area contributed by atoms with Gasteiger partial charge in [0.25, 0.3) is 0 Å². The molecule has 0 aromatic carbocycles. The minimum Gasteiger partial charge on any atom is -0.389 e. The third kappa shape index (κ3) is 3.67. The Labute approximate surface area is 63.8 Å². The lowest BCUT2D eigenvalue weighted by atomic mass is 10.0. The summed E-state index contributed by atoms with van der Waals surface area (Å²) in [4.78, 5) is 0. The Hall–Kier alpha value is -0.300. The van der Waals surface area contributed by atoms with Crippen LogP contribution in [0, 0.1) is 5.92 Å². The largest absolute Gasteiger partial charge is 0.389 e. The van der Waals surface area contributed by atoms with E-state index < -0.39 is 0 Å². The van der Waals surface area contributed by atoms with Crippen molar-refractivity contribution in [1.82, 2.24) is 0 Å². The smallest absolute Gasteiger partial charge is 0.0746 e. The van der Waals surface area contributed by atoms with Gasteiger partial charge < -0.3 is 5.11 Å². The lowest BCUT2D eigenvalue weighted by molar-refractivity contribution is 0.171. The van der Waals surface area contributed by atoms with Crippen LogP contribution in [0.2, 0.25) is 0 Å². The minimum absolute atomic E-state index is 0.264. The SMILES string of the molecule is CCC(C)=CC(O)C(C)C. The highest BCUT2D eigenvalue weighted by molar-refractivity contribution is 5.01. The summed E-state index contributed by atoms with van der Waals surface area (Å²) in [5, 5.41) is 9.35. The van der Waals surface area contributed by atoms with Crippen LogP contribution in [0.25, 0.3) is 0 Å². The van der Waals surface area contributed by atoms with Crippen LogP contribution in [0.5, 0.6) is 0 Å². The number of hydrogen-bond acceptors (Lipinski definition) is 1. The van der Waals surface area contributed by atoms with E-state index in [9.17, 15) is 5.11 Å². The average Bonchev–Trinajstić information content (AvgIpc) is 1.87. The minimum atomic E-state index is -0.264. The first-order valence-electron chi connectivity index (χ1n) is 3.93. The van der Waals surface area contributed by atoms with E-state index in [2.05, 4.69) is 6.92 Å². The van der Waals surface area contributed by atoms with E-state index >= 15 is 0 Å². The van der Waals surface area contributed by atoms with Gasteiger partial charge >= 0.3 is 0 Å². The van der Waals surface area contributed by atoms with Crippen LogP contribution in [0.4, 0.5) is 0 Å². The number of rotatable bonds is 3. The Kier molecular flexibility index (Phi) is 4.37. The quantitative estimate of drug-likeness (QED) is 0.600. The zero-order valence-electron chi connectivity index (χ0n) is 7.39. The highest BCUT2D eigenvalue weighted by Gasteiger charge is 2.04. The van der Waals surface area contributed by atoms with Crippen LogP contribution in [0.15, 0.2) is 11.6 Å². The van der Waals surface area contributed by atoms with Crippen molar-refractivity contribution in [2.45, 2.75) is 40.2 Å². The van der Waals surface area contributed by atoms with Crippen molar-refractivity contribution in [3.8, 4) is 0 Å². The molecule has 0 saturated carbocycles. The summed E-state index contributed by atoms with van der Waals surface area (Å²) in [6.45, 7) is 8.18. The summed E-state index contributed by atoms with van der Waals surface area (Å²) in [6, 6.07) is 0. The molecule has 0 heterocycles. The molecule has 0 spiro atoms. The molecule has 60 valence electrons. The van der Waals surface area contributed by atoms with Crippen LogP contribution < -0.4 is 0 Å². The van der Waals surface area contributed by atoms with Crippen LogP contribution in [-0.2, 0) is 0 Å². The maximum atomic E-state index is 9.35. The monoisotopic (exact) mass is 142 g/mol. The number of aliphatic hydroxyl groups is 1. The van der Waals surface area contributed by atoms with E-state index in [0.717, 1.165) is 6.42 Å². The fourth-order valence-corrected chi connectivity index (χ4v) is 0.602. The lowest BCUT2D eigenvalue weighted by Gasteiger charge is -2.10. The van der Waals surface area contributed by atoms with E-state index in [1.54, 1.807) is 0 Å². The van der Waals surface area contributed by atoms with Gasteiger partial charge in [0.1, 0.15) is 0 Å². The van der Waals surface area contributed by atoms with E-state index in [1.807, 2.05) is 26.8 Å². The zero-order valence-corrected chi connectivity index (χ0v) is 7.39. The fourth-order valence-electron chi connectivity index (χ4n) is 0.602. The summed E-state index contributed by atoms with van der Waals surface area (Å²) >= 11 is 0. The maximum absolute atomic E-state index is 9.35. The number of hydrogen-bond donors (Lipinski definition) is 1. The molecule has 0 aliphatic rings. The Balaban J connectivity index is 3.86. The standard InChI is InChI=1S/C9H18O/c1-5-8(4)6-9(10)7(2)3/h6-7,9-10H,5H2,1-4H3. The molecule has 0 aliphatic heterocycles. The van der Waals surface area contributed by atoms with Crippen LogP contribution in [-0.4, -0.2) is 11.2 Å². The van der Waals surface area contributed by atoms with E-state index in [4.69, 9.17) is 0 Å². The van der Waals surface area contributed by atoms with Gasteiger partial charge in [0.2, 0.25) is 0 Å². The molecule has 0 saturated heterocycles. The first-order valence-corrected chi connectivity index (χ1v) is 3.93. The molecule has 1 heteroatoms. The van der Waals surface area contributed by atoms with E-state index in [0.29, 0.717) is 5.92 Å². The van der Waals surface area contributed by atoms with Crippen molar-refractivity contribution < 1.29 is 5.11 Å². The molecule has 0 rings (SSSR count). The van der Waals surface area contributed by atoms with E-state index in [1.165, 1.54) is 5.57 Å². The predicted molar refractivity (Wildman–Crippen MR) is 44.9 cm³/mol. The van der Waals surface area contributed by atoms with Crippen molar-refractivity contribution in [1.29, 1.82) is 0 Å². The van der Waals surface area contributed by atoms with Gasteiger partial charge in [0.05, 0.1) is 6.10 Å². The molecule has 0 amide bonds. The summed E-state index contributed by atoms with van der Waals surface area (Å²) in [5.41, 5.74) is 1.27. The van der Waals surface area contributed by atoms with Gasteiger partial charge in [-0.3, -0.25) is 0 Å². The lowest BCUT2D eigenvalue weighted by Crippen LogP contribution is -2.11. The molecule has 1 atom stereocenters. The van der Waals surface area contributed by atoms with Crippen molar-refractivity contribution in [3.05, 3.63) is 11.6 Å². The summed E-state index contributed by atoms with van der Waals surface area (Å²) in [6.07, 6.45) is 2.70. The molecule has 0 fully saturated rings. The second-order valence-corrected chi connectivity index (χ2v) is 3.10. The van der Waals surface area contributed by atoms with Gasteiger partial charge in [-0.2, -0.15) is 0 Å². The molecule has 1 N–H and O–H groups in total. The molecule has 10 heavy (non-hydrogen) atoms. The Morgan fingerprint density at radius 1 is 1.50 bits per heavy atom. The molecule has 1 unspecified atom stereocenters. The second kappa shape index (κ2) is 4.51. The van der Waals surface area contributed by atoms with Crippen molar-refractivity contribution in [2.75, 3.05) is 0 Å². The molecule has 0 bridgehead atoms. The molecule has 0 radical (unpaired) electrons. The van der Waals surface area contributed by atoms with Crippen LogP contribution in [0.3, 0.4) is 0 Å². The Morgan fingerprint density at radius 2 is 2.00 bits per heavy atom. The maximum Gasteiger partial charge on any atom is 0.0746 e. The van der Waals surface area contributed by atoms with Crippen molar-refractivity contribution >= 4 is 0 Å². The van der Waals surface area contributed by atoms with Crippen molar-refractivity contribution in [3.63, 3.8) is 0 Å². The van der Waals surface area contributed by atoms with Gasteiger partial charge in [-0.25, -0.2) is 0 Å². The molecule has 0 aromatic heterocycles. The zero-order chi connectivity index (χ0) is 8.15. The van der Waals surface area contributed by atoms with E-state index in [-0.39, 0.29) is 6.10 Å². The summed E-state index contributed by atoms with van der Waals surface area (Å²) in [7, 11) is 0. The third-order valence-corrected chi connectivity index (χ3v) is 1.70. The van der Waals surface area contributed by atoms with Gasteiger partial charge in [-0.1, -0.05) is 32.4 Å². The second-order valence-electron chi connectivity index (χ2n) is 3.10.